The van der Waals surface area contributed by atoms with Gasteiger partial charge in [0.05, 0.1) is 5.69 Å². The molecular formula is C9H5F2NS. The molecule has 0 saturated heterocycles. The van der Waals surface area contributed by atoms with Crippen molar-refractivity contribution in [2.45, 2.75) is 0 Å². The first-order valence-corrected chi connectivity index (χ1v) is 4.47. The Balaban J connectivity index is 2.53. The van der Waals surface area contributed by atoms with E-state index in [0.29, 0.717) is 11.3 Å². The second-order valence-corrected chi connectivity index (χ2v) is 3.17. The summed E-state index contributed by atoms with van der Waals surface area (Å²) in [7, 11) is 0. The zero-order valence-corrected chi connectivity index (χ0v) is 7.31. The molecular weight excluding hydrogens is 192 g/mol. The van der Waals surface area contributed by atoms with Crippen molar-refractivity contribution in [3.63, 3.8) is 0 Å². The molecule has 0 unspecified atom stereocenters. The number of nitrogens with zero attached hydrogens (tertiary/aromatic N) is 1. The first-order chi connectivity index (χ1) is 6.27. The normalized spacial score (nSPS) is 10.3. The van der Waals surface area contributed by atoms with Crippen LogP contribution in [0.4, 0.5) is 8.78 Å². The lowest BCUT2D eigenvalue weighted by Gasteiger charge is -1.97. The summed E-state index contributed by atoms with van der Waals surface area (Å²) in [5.74, 6) is -1.15. The minimum atomic E-state index is -0.578. The molecule has 4 heteroatoms. The standard InChI is InChI=1S/C9H5F2NS/c10-6-1-2-7(8(11)5-6)9-3-4-13-12-9/h1-5H. The third kappa shape index (κ3) is 1.58. The lowest BCUT2D eigenvalue weighted by Crippen LogP contribution is -1.85. The second-order valence-electron chi connectivity index (χ2n) is 2.51. The summed E-state index contributed by atoms with van der Waals surface area (Å²) in [4.78, 5) is 0. The van der Waals surface area contributed by atoms with Crippen LogP contribution in [0.25, 0.3) is 11.3 Å². The molecule has 0 bridgehead atoms. The van der Waals surface area contributed by atoms with Gasteiger partial charge in [0.25, 0.3) is 0 Å². The third-order valence-corrected chi connectivity index (χ3v) is 2.20. The quantitative estimate of drug-likeness (QED) is 0.684. The van der Waals surface area contributed by atoms with E-state index < -0.39 is 11.6 Å². The molecule has 0 atom stereocenters. The average Bonchev–Trinajstić information content (AvgIpc) is 2.56. The first kappa shape index (κ1) is 8.31. The van der Waals surface area contributed by atoms with Crippen LogP contribution in [-0.4, -0.2) is 4.37 Å². The van der Waals surface area contributed by atoms with E-state index in [0.717, 1.165) is 6.07 Å². The van der Waals surface area contributed by atoms with Crippen molar-refractivity contribution < 1.29 is 8.78 Å². The van der Waals surface area contributed by atoms with Crippen molar-refractivity contribution in [1.29, 1.82) is 0 Å². The topological polar surface area (TPSA) is 12.9 Å². The number of benzene rings is 1. The van der Waals surface area contributed by atoms with Crippen LogP contribution in [0.5, 0.6) is 0 Å². The highest BCUT2D eigenvalue weighted by Gasteiger charge is 2.07. The van der Waals surface area contributed by atoms with Crippen molar-refractivity contribution >= 4 is 11.5 Å². The highest BCUT2D eigenvalue weighted by molar-refractivity contribution is 7.03. The smallest absolute Gasteiger partial charge is 0.135 e. The minimum Gasteiger partial charge on any atom is -0.207 e. The van der Waals surface area contributed by atoms with E-state index in [1.54, 1.807) is 11.4 Å². The van der Waals surface area contributed by atoms with E-state index in [-0.39, 0.29) is 0 Å². The summed E-state index contributed by atoms with van der Waals surface area (Å²) in [6.07, 6.45) is 0. The van der Waals surface area contributed by atoms with Gasteiger partial charge in [-0.25, -0.2) is 8.78 Å². The van der Waals surface area contributed by atoms with E-state index in [4.69, 9.17) is 0 Å². The van der Waals surface area contributed by atoms with Crippen LogP contribution in [0.1, 0.15) is 0 Å². The van der Waals surface area contributed by atoms with Crippen LogP contribution < -0.4 is 0 Å². The predicted molar refractivity (Wildman–Crippen MR) is 47.5 cm³/mol. The fourth-order valence-electron chi connectivity index (χ4n) is 1.05. The van der Waals surface area contributed by atoms with Gasteiger partial charge in [0.1, 0.15) is 11.6 Å². The Morgan fingerprint density at radius 3 is 2.62 bits per heavy atom. The summed E-state index contributed by atoms with van der Waals surface area (Å²) in [5, 5.41) is 1.75. The summed E-state index contributed by atoms with van der Waals surface area (Å²) in [5.41, 5.74) is 0.880. The molecule has 66 valence electrons. The molecule has 0 amide bonds. The van der Waals surface area contributed by atoms with Gasteiger partial charge in [-0.15, -0.1) is 0 Å². The summed E-state index contributed by atoms with van der Waals surface area (Å²) < 4.78 is 29.6. The Bertz CT molecular complexity index is 412. The number of hydrogen-bond donors (Lipinski definition) is 0. The summed E-state index contributed by atoms with van der Waals surface area (Å²) in [6.45, 7) is 0. The fraction of sp³-hybridized carbons (Fsp3) is 0. The molecule has 0 fully saturated rings. The van der Waals surface area contributed by atoms with Crippen molar-refractivity contribution in [2.24, 2.45) is 0 Å². The second kappa shape index (κ2) is 3.22. The van der Waals surface area contributed by atoms with Gasteiger partial charge in [-0.2, -0.15) is 4.37 Å². The van der Waals surface area contributed by atoms with Crippen molar-refractivity contribution in [3.8, 4) is 11.3 Å². The van der Waals surface area contributed by atoms with E-state index in [1.165, 1.54) is 23.7 Å². The monoisotopic (exact) mass is 197 g/mol. The maximum absolute atomic E-state index is 13.1. The molecule has 1 heterocycles. The number of aromatic nitrogens is 1. The van der Waals surface area contributed by atoms with Crippen LogP contribution in [0.3, 0.4) is 0 Å². The van der Waals surface area contributed by atoms with Crippen LogP contribution in [0.2, 0.25) is 0 Å². The Hall–Kier alpha value is -1.29. The molecule has 2 rings (SSSR count). The molecule has 0 aliphatic carbocycles. The van der Waals surface area contributed by atoms with Gasteiger partial charge in [-0.3, -0.25) is 0 Å². The zero-order chi connectivity index (χ0) is 9.26. The van der Waals surface area contributed by atoms with Gasteiger partial charge in [-0.05, 0) is 29.7 Å². The predicted octanol–water partition coefficient (Wildman–Crippen LogP) is 3.09. The molecule has 0 N–H and O–H groups in total. The van der Waals surface area contributed by atoms with Crippen molar-refractivity contribution in [3.05, 3.63) is 41.3 Å². The maximum atomic E-state index is 13.1. The SMILES string of the molecule is Fc1ccc(-c2ccsn2)c(F)c1. The molecule has 1 aromatic carbocycles. The van der Waals surface area contributed by atoms with E-state index in [9.17, 15) is 8.78 Å². The van der Waals surface area contributed by atoms with E-state index in [1.807, 2.05) is 0 Å². The van der Waals surface area contributed by atoms with Gasteiger partial charge in [0.15, 0.2) is 0 Å². The molecule has 0 saturated carbocycles. The zero-order valence-electron chi connectivity index (χ0n) is 6.50. The van der Waals surface area contributed by atoms with Crippen LogP contribution in [-0.2, 0) is 0 Å². The van der Waals surface area contributed by atoms with Crippen molar-refractivity contribution in [1.82, 2.24) is 4.37 Å². The van der Waals surface area contributed by atoms with Crippen molar-refractivity contribution in [2.75, 3.05) is 0 Å². The van der Waals surface area contributed by atoms with Crippen LogP contribution in [0.15, 0.2) is 29.6 Å². The molecule has 2 aromatic rings. The molecule has 0 radical (unpaired) electrons. The lowest BCUT2D eigenvalue weighted by molar-refractivity contribution is 0.585. The van der Waals surface area contributed by atoms with E-state index >= 15 is 0 Å². The highest BCUT2D eigenvalue weighted by atomic mass is 32.1. The van der Waals surface area contributed by atoms with E-state index in [2.05, 4.69) is 4.37 Å². The largest absolute Gasteiger partial charge is 0.207 e. The van der Waals surface area contributed by atoms with Crippen LogP contribution >= 0.6 is 11.5 Å². The fourth-order valence-corrected chi connectivity index (χ4v) is 1.57. The lowest BCUT2D eigenvalue weighted by atomic mass is 10.1. The number of halogens is 2. The van der Waals surface area contributed by atoms with Gasteiger partial charge in [0.2, 0.25) is 0 Å². The van der Waals surface area contributed by atoms with Gasteiger partial charge in [-0.1, -0.05) is 0 Å². The number of rotatable bonds is 1. The van der Waals surface area contributed by atoms with Gasteiger partial charge in [0, 0.05) is 17.0 Å². The molecule has 1 aromatic heterocycles. The summed E-state index contributed by atoms with van der Waals surface area (Å²) >= 11 is 1.24. The maximum Gasteiger partial charge on any atom is 0.135 e. The van der Waals surface area contributed by atoms with Gasteiger partial charge >= 0.3 is 0 Å². The molecule has 0 spiro atoms. The Kier molecular flexibility index (Phi) is 2.06. The third-order valence-electron chi connectivity index (χ3n) is 1.64. The average molecular weight is 197 g/mol. The molecule has 0 aliphatic rings. The molecule has 0 aliphatic heterocycles. The number of hydrogen-bond acceptors (Lipinski definition) is 2. The molecule has 13 heavy (non-hydrogen) atoms. The molecule has 1 nitrogen and oxygen atoms in total. The first-order valence-electron chi connectivity index (χ1n) is 3.63. The Morgan fingerprint density at radius 2 is 2.00 bits per heavy atom. The summed E-state index contributed by atoms with van der Waals surface area (Å²) in [6, 6.07) is 5.16. The van der Waals surface area contributed by atoms with Crippen LogP contribution in [0, 0.1) is 11.6 Å². The Labute approximate surface area is 77.8 Å². The van der Waals surface area contributed by atoms with Gasteiger partial charge < -0.3 is 0 Å². The highest BCUT2D eigenvalue weighted by Crippen LogP contribution is 2.22. The Morgan fingerprint density at radius 1 is 1.15 bits per heavy atom. The minimum absolute atomic E-state index is 0.336.